The number of likely N-dealkylation sites (tertiary alicyclic amines) is 1. The van der Waals surface area contributed by atoms with Gasteiger partial charge in [0.05, 0.1) is 40.3 Å². The van der Waals surface area contributed by atoms with Crippen LogP contribution in [0, 0.1) is 27.2 Å². The summed E-state index contributed by atoms with van der Waals surface area (Å²) in [6.07, 6.45) is 1.17. The summed E-state index contributed by atoms with van der Waals surface area (Å²) >= 11 is 0. The van der Waals surface area contributed by atoms with E-state index >= 15 is 0 Å². The molecule has 45 heavy (non-hydrogen) atoms. The molecule has 4 aromatic rings. The van der Waals surface area contributed by atoms with Gasteiger partial charge in [-0.25, -0.2) is 9.78 Å². The number of para-hydroxylation sites is 2. The number of fused-ring (bicyclic) bond motifs is 1. The highest BCUT2D eigenvalue weighted by Crippen LogP contribution is 2.38. The van der Waals surface area contributed by atoms with Crippen molar-refractivity contribution in [3.63, 3.8) is 0 Å². The maximum Gasteiger partial charge on any atom is 0.346 e. The largest absolute Gasteiger partial charge is 0.493 e. The number of hydrogen-bond donors (Lipinski definition) is 1. The molecule has 1 unspecified atom stereocenters. The summed E-state index contributed by atoms with van der Waals surface area (Å²) in [6.45, 7) is 3.00. The van der Waals surface area contributed by atoms with Crippen molar-refractivity contribution in [2.75, 3.05) is 33.4 Å². The van der Waals surface area contributed by atoms with Gasteiger partial charge in [0.25, 0.3) is 11.4 Å². The summed E-state index contributed by atoms with van der Waals surface area (Å²) in [4.78, 5) is 46.0. The van der Waals surface area contributed by atoms with Crippen molar-refractivity contribution in [3.05, 3.63) is 104 Å². The second-order valence-corrected chi connectivity index (χ2v) is 10.8. The molecular weight excluding hydrogens is 586 g/mol. The molecule has 1 saturated heterocycles. The Labute approximate surface area is 257 Å². The van der Waals surface area contributed by atoms with Crippen molar-refractivity contribution in [1.29, 1.82) is 0 Å². The van der Waals surface area contributed by atoms with Crippen LogP contribution in [0.4, 0.5) is 11.4 Å². The average molecular weight is 618 g/mol. The monoisotopic (exact) mass is 617 g/mol. The number of carbonyl (C=O) groups excluding carboxylic acids is 1. The van der Waals surface area contributed by atoms with Gasteiger partial charge in [0, 0.05) is 38.5 Å². The number of methoxy groups -OCH3 is 1. The van der Waals surface area contributed by atoms with E-state index in [1.54, 1.807) is 31.4 Å². The van der Waals surface area contributed by atoms with Crippen molar-refractivity contribution in [3.8, 4) is 11.5 Å². The summed E-state index contributed by atoms with van der Waals surface area (Å²) in [5.41, 5.74) is -0.389. The highest BCUT2D eigenvalue weighted by Gasteiger charge is 2.43. The predicted octanol–water partition coefficient (Wildman–Crippen LogP) is 4.35. The molecule has 0 spiro atoms. The van der Waals surface area contributed by atoms with Crippen LogP contribution in [0.15, 0.2) is 66.9 Å². The van der Waals surface area contributed by atoms with Crippen molar-refractivity contribution in [1.82, 2.24) is 14.9 Å². The molecule has 0 bridgehead atoms. The molecule has 14 nitrogen and oxygen atoms in total. The van der Waals surface area contributed by atoms with E-state index < -0.39 is 44.5 Å². The minimum atomic E-state index is -1.31. The second-order valence-electron chi connectivity index (χ2n) is 10.8. The normalized spacial score (nSPS) is 15.3. The smallest absolute Gasteiger partial charge is 0.346 e. The number of nitrogens with zero attached hydrogens (tertiary/aromatic N) is 5. The first kappa shape index (κ1) is 31.2. The van der Waals surface area contributed by atoms with Gasteiger partial charge in [0.1, 0.15) is 24.0 Å². The summed E-state index contributed by atoms with van der Waals surface area (Å²) in [6, 6.07) is 15.5. The number of benzene rings is 3. The number of aliphatic hydroxyl groups is 1. The van der Waals surface area contributed by atoms with Crippen molar-refractivity contribution >= 4 is 28.4 Å². The molecule has 1 N–H and O–H groups in total. The van der Waals surface area contributed by atoms with Crippen LogP contribution in [0.2, 0.25) is 0 Å². The number of carbonyl (C=O) groups is 1. The molecule has 1 fully saturated rings. The first-order valence-electron chi connectivity index (χ1n) is 14.1. The first-order valence-corrected chi connectivity index (χ1v) is 14.1. The Morgan fingerprint density at radius 3 is 2.44 bits per heavy atom. The van der Waals surface area contributed by atoms with Crippen LogP contribution in [0.3, 0.4) is 0 Å². The lowest BCUT2D eigenvalue weighted by atomic mass is 9.87. The Hall–Kier alpha value is -5.21. The summed E-state index contributed by atoms with van der Waals surface area (Å²) < 4.78 is 17.2. The number of ether oxygens (including phenoxy) is 3. The van der Waals surface area contributed by atoms with E-state index in [4.69, 9.17) is 19.2 Å². The number of nitro benzene ring substituents is 2. The Morgan fingerprint density at radius 2 is 1.76 bits per heavy atom. The number of non-ortho nitro benzene ring substituents is 1. The number of aliphatic hydroxyl groups excluding tert-OH is 1. The van der Waals surface area contributed by atoms with Crippen LogP contribution in [0.25, 0.3) is 11.0 Å². The first-order chi connectivity index (χ1) is 21.6. The van der Waals surface area contributed by atoms with Crippen LogP contribution < -0.4 is 9.47 Å². The van der Waals surface area contributed by atoms with Gasteiger partial charge in [0.15, 0.2) is 17.1 Å². The van der Waals surface area contributed by atoms with Gasteiger partial charge >= 0.3 is 5.97 Å². The molecule has 1 aromatic heterocycles. The van der Waals surface area contributed by atoms with E-state index in [0.717, 1.165) is 23.8 Å². The summed E-state index contributed by atoms with van der Waals surface area (Å²) in [7, 11) is 1.55. The number of rotatable bonds is 11. The van der Waals surface area contributed by atoms with Gasteiger partial charge in [-0.2, -0.15) is 0 Å². The topological polar surface area (TPSA) is 180 Å². The molecule has 0 saturated carbocycles. The molecule has 0 aliphatic carbocycles. The van der Waals surface area contributed by atoms with Gasteiger partial charge in [-0.15, -0.1) is 0 Å². The van der Waals surface area contributed by atoms with Gasteiger partial charge in [0.2, 0.25) is 0 Å². The highest BCUT2D eigenvalue weighted by molar-refractivity contribution is 5.94. The number of piperidine rings is 1. The van der Waals surface area contributed by atoms with Crippen molar-refractivity contribution in [2.45, 2.75) is 31.5 Å². The Bertz CT molecular complexity index is 1740. The maximum atomic E-state index is 13.5. The van der Waals surface area contributed by atoms with Gasteiger partial charge in [-0.3, -0.25) is 25.2 Å². The molecule has 0 amide bonds. The third-order valence-electron chi connectivity index (χ3n) is 7.70. The average Bonchev–Trinajstić information content (AvgIpc) is 3.04. The number of aryl methyl sites for hydroxylation is 1. The Kier molecular flexibility index (Phi) is 9.16. The van der Waals surface area contributed by atoms with Crippen LogP contribution in [0.5, 0.6) is 11.5 Å². The number of hydrogen-bond acceptors (Lipinski definition) is 12. The van der Waals surface area contributed by atoms with Crippen LogP contribution in [-0.4, -0.2) is 75.2 Å². The lowest BCUT2D eigenvalue weighted by Gasteiger charge is -2.41. The Balaban J connectivity index is 1.35. The summed E-state index contributed by atoms with van der Waals surface area (Å²) in [5.74, 6) is 0.0685. The molecule has 1 aliphatic rings. The van der Waals surface area contributed by atoms with Crippen LogP contribution in [-0.2, 0) is 10.3 Å². The molecule has 234 valence electrons. The lowest BCUT2D eigenvalue weighted by Crippen LogP contribution is -2.48. The third kappa shape index (κ3) is 6.97. The second kappa shape index (κ2) is 13.2. The molecule has 1 atom stereocenters. The molecule has 3 aromatic carbocycles. The van der Waals surface area contributed by atoms with E-state index in [9.17, 15) is 30.1 Å². The standard InChI is InChI=1S/C31H31N5O9/c1-20-7-10-27(28(15-20)43-2)44-19-22(37)18-34-13-11-31(12-14-34,29-17-32-24-5-3-4-6-25(24)33-29)45-30(38)23-9-8-21(35(39)40)16-26(23)36(41)42/h3-10,15-17,22,37H,11-14,18-19H2,1-2H3. The molecule has 14 heteroatoms. The Morgan fingerprint density at radius 1 is 1.02 bits per heavy atom. The predicted molar refractivity (Wildman–Crippen MR) is 161 cm³/mol. The van der Waals surface area contributed by atoms with Crippen molar-refractivity contribution in [2.24, 2.45) is 0 Å². The van der Waals surface area contributed by atoms with Gasteiger partial charge in [-0.1, -0.05) is 18.2 Å². The van der Waals surface area contributed by atoms with Crippen LogP contribution >= 0.6 is 0 Å². The molecular formula is C31H31N5O9. The highest BCUT2D eigenvalue weighted by atomic mass is 16.6. The summed E-state index contributed by atoms with van der Waals surface area (Å²) in [5, 5.41) is 33.7. The van der Waals surface area contributed by atoms with Gasteiger partial charge < -0.3 is 24.2 Å². The molecule has 1 aliphatic heterocycles. The fourth-order valence-electron chi connectivity index (χ4n) is 5.30. The molecule has 2 heterocycles. The third-order valence-corrected chi connectivity index (χ3v) is 7.70. The van der Waals surface area contributed by atoms with Crippen LogP contribution in [0.1, 0.15) is 34.5 Å². The maximum absolute atomic E-state index is 13.5. The number of β-amino-alcohol motifs (C(OH)–C–C–N with tert-alkyl or cyclic N) is 1. The number of aromatic nitrogens is 2. The van der Waals surface area contributed by atoms with Crippen molar-refractivity contribution < 1.29 is 34.0 Å². The van der Waals surface area contributed by atoms with Gasteiger partial charge in [-0.05, 0) is 42.8 Å². The minimum absolute atomic E-state index is 0.0238. The fourth-order valence-corrected chi connectivity index (χ4v) is 5.30. The fraction of sp³-hybridized carbons (Fsp3) is 0.323. The van der Waals surface area contributed by atoms with E-state index in [0.29, 0.717) is 41.3 Å². The molecule has 5 rings (SSSR count). The minimum Gasteiger partial charge on any atom is -0.493 e. The zero-order chi connectivity index (χ0) is 32.1. The zero-order valence-corrected chi connectivity index (χ0v) is 24.6. The van der Waals surface area contributed by atoms with E-state index in [2.05, 4.69) is 4.98 Å². The quantitative estimate of drug-likeness (QED) is 0.143. The van der Waals surface area contributed by atoms with E-state index in [-0.39, 0.29) is 26.0 Å². The van der Waals surface area contributed by atoms with E-state index in [1.165, 1.54) is 6.20 Å². The SMILES string of the molecule is COc1cc(C)ccc1OCC(O)CN1CCC(OC(=O)c2ccc([N+](=O)[O-])cc2[N+](=O)[O-])(c2cnc3ccccc3n2)CC1. The molecule has 0 radical (unpaired) electrons. The number of esters is 1. The number of nitro groups is 2. The lowest BCUT2D eigenvalue weighted by molar-refractivity contribution is -0.394. The van der Waals surface area contributed by atoms with E-state index in [1.807, 2.05) is 30.0 Å². The zero-order valence-electron chi connectivity index (χ0n) is 24.6.